The number of carbonyl (C=O) groups excluding carboxylic acids is 2. The van der Waals surface area contributed by atoms with E-state index in [2.05, 4.69) is 15.4 Å². The van der Waals surface area contributed by atoms with Gasteiger partial charge in [-0.05, 0) is 31.0 Å². The molecule has 2 heterocycles. The second kappa shape index (κ2) is 9.96. The molecular weight excluding hydrogens is 452 g/mol. The number of anilines is 1. The van der Waals surface area contributed by atoms with Crippen molar-refractivity contribution in [1.82, 2.24) is 14.8 Å². The number of rotatable bonds is 7. The summed E-state index contributed by atoms with van der Waals surface area (Å²) < 4.78 is 6.52. The maximum atomic E-state index is 12.8. The van der Waals surface area contributed by atoms with Crippen molar-refractivity contribution < 1.29 is 14.3 Å². The van der Waals surface area contributed by atoms with E-state index >= 15 is 0 Å². The Kier molecular flexibility index (Phi) is 6.83. The number of esters is 1. The summed E-state index contributed by atoms with van der Waals surface area (Å²) in [6.45, 7) is 5.71. The van der Waals surface area contributed by atoms with Crippen molar-refractivity contribution in [2.75, 3.05) is 11.9 Å². The summed E-state index contributed by atoms with van der Waals surface area (Å²) in [5, 5.41) is 10.7. The third-order valence-corrected chi connectivity index (χ3v) is 5.77. The number of nitrogens with one attached hydrogen (secondary N) is 1. The van der Waals surface area contributed by atoms with Crippen molar-refractivity contribution in [1.29, 1.82) is 0 Å². The highest BCUT2D eigenvalue weighted by atomic mass is 32.1. The van der Waals surface area contributed by atoms with Gasteiger partial charge in [0.15, 0.2) is 12.3 Å². The molecule has 2 aromatic carbocycles. The van der Waals surface area contributed by atoms with Gasteiger partial charge >= 0.3 is 5.97 Å². The highest BCUT2D eigenvalue weighted by Crippen LogP contribution is 2.24. The summed E-state index contributed by atoms with van der Waals surface area (Å²) in [5.74, 6) is -1.10. The SMILES string of the molecule is Cc1nc(-c2cccc(NC(=O)COC(=O)c3nn(CC(C)C)c(=O)c4ccccc34)c2)cs1. The lowest BCUT2D eigenvalue weighted by Crippen LogP contribution is -2.29. The lowest BCUT2D eigenvalue weighted by atomic mass is 10.1. The summed E-state index contributed by atoms with van der Waals surface area (Å²) in [4.78, 5) is 42.4. The Balaban J connectivity index is 1.48. The number of carbonyl (C=O) groups is 2. The minimum absolute atomic E-state index is 0.00421. The zero-order valence-electron chi connectivity index (χ0n) is 19.1. The molecule has 0 atom stereocenters. The lowest BCUT2D eigenvalue weighted by Gasteiger charge is -2.12. The van der Waals surface area contributed by atoms with Gasteiger partial charge in [0, 0.05) is 28.6 Å². The van der Waals surface area contributed by atoms with Crippen LogP contribution in [-0.2, 0) is 16.1 Å². The molecule has 0 saturated carbocycles. The standard InChI is InChI=1S/C25H24N4O4S/c1-15(2)12-29-24(31)20-10-5-4-9-19(20)23(28-29)25(32)33-13-22(30)27-18-8-6-7-17(11-18)21-14-34-16(3)26-21/h4-11,14-15H,12-13H2,1-3H3,(H,27,30). The number of hydrogen-bond acceptors (Lipinski definition) is 7. The van der Waals surface area contributed by atoms with Crippen molar-refractivity contribution in [2.24, 2.45) is 5.92 Å². The van der Waals surface area contributed by atoms with Gasteiger partial charge in [-0.15, -0.1) is 11.3 Å². The molecule has 1 N–H and O–H groups in total. The number of fused-ring (bicyclic) bond motifs is 1. The first-order chi connectivity index (χ1) is 16.3. The Labute approximate surface area is 200 Å². The highest BCUT2D eigenvalue weighted by molar-refractivity contribution is 7.09. The van der Waals surface area contributed by atoms with Crippen LogP contribution in [0.4, 0.5) is 5.69 Å². The zero-order chi connectivity index (χ0) is 24.2. The van der Waals surface area contributed by atoms with Crippen molar-refractivity contribution >= 4 is 39.7 Å². The average Bonchev–Trinajstić information content (AvgIpc) is 3.25. The molecule has 0 bridgehead atoms. The smallest absolute Gasteiger partial charge is 0.359 e. The molecule has 4 aromatic rings. The van der Waals surface area contributed by atoms with Crippen LogP contribution < -0.4 is 10.9 Å². The number of amides is 1. The predicted octanol–water partition coefficient (Wildman–Crippen LogP) is 4.28. The maximum absolute atomic E-state index is 12.8. The molecule has 0 aliphatic rings. The Morgan fingerprint density at radius 3 is 2.59 bits per heavy atom. The largest absolute Gasteiger partial charge is 0.451 e. The topological polar surface area (TPSA) is 103 Å². The number of hydrogen-bond donors (Lipinski definition) is 1. The molecule has 0 saturated heterocycles. The van der Waals surface area contributed by atoms with Gasteiger partial charge in [-0.1, -0.05) is 44.2 Å². The van der Waals surface area contributed by atoms with E-state index < -0.39 is 18.5 Å². The van der Waals surface area contributed by atoms with Gasteiger partial charge in [0.25, 0.3) is 11.5 Å². The van der Waals surface area contributed by atoms with E-state index in [0.717, 1.165) is 16.3 Å². The Bertz CT molecular complexity index is 1420. The minimum Gasteiger partial charge on any atom is -0.451 e. The molecule has 0 radical (unpaired) electrons. The molecule has 4 rings (SSSR count). The summed E-state index contributed by atoms with van der Waals surface area (Å²) in [6.07, 6.45) is 0. The van der Waals surface area contributed by atoms with Gasteiger partial charge in [-0.25, -0.2) is 14.5 Å². The number of aromatic nitrogens is 3. The molecule has 0 aliphatic heterocycles. The van der Waals surface area contributed by atoms with E-state index in [1.165, 1.54) is 4.68 Å². The first-order valence-electron chi connectivity index (χ1n) is 10.8. The first kappa shape index (κ1) is 23.3. The van der Waals surface area contributed by atoms with E-state index in [1.54, 1.807) is 41.7 Å². The monoisotopic (exact) mass is 476 g/mol. The van der Waals surface area contributed by atoms with Gasteiger partial charge < -0.3 is 10.1 Å². The van der Waals surface area contributed by atoms with Crippen LogP contribution in [0.5, 0.6) is 0 Å². The van der Waals surface area contributed by atoms with E-state index in [4.69, 9.17) is 4.74 Å². The lowest BCUT2D eigenvalue weighted by molar-refractivity contribution is -0.119. The number of thiazole rings is 1. The third kappa shape index (κ3) is 5.20. The van der Waals surface area contributed by atoms with Crippen molar-refractivity contribution in [3.63, 3.8) is 0 Å². The molecule has 0 aliphatic carbocycles. The van der Waals surface area contributed by atoms with Crippen LogP contribution in [0.3, 0.4) is 0 Å². The van der Waals surface area contributed by atoms with E-state index in [-0.39, 0.29) is 17.2 Å². The molecule has 9 heteroatoms. The molecule has 1 amide bonds. The van der Waals surface area contributed by atoms with Crippen LogP contribution in [-0.4, -0.2) is 33.2 Å². The fraction of sp³-hybridized carbons (Fsp3) is 0.240. The fourth-order valence-electron chi connectivity index (χ4n) is 3.50. The molecule has 0 spiro atoms. The number of ether oxygens (including phenoxy) is 1. The third-order valence-electron chi connectivity index (χ3n) is 4.99. The first-order valence-corrected chi connectivity index (χ1v) is 11.7. The van der Waals surface area contributed by atoms with Gasteiger partial charge in [-0.2, -0.15) is 5.10 Å². The van der Waals surface area contributed by atoms with Crippen LogP contribution >= 0.6 is 11.3 Å². The van der Waals surface area contributed by atoms with Gasteiger partial charge in [0.1, 0.15) is 0 Å². The van der Waals surface area contributed by atoms with Crippen LogP contribution in [0, 0.1) is 12.8 Å². The Morgan fingerprint density at radius 2 is 1.88 bits per heavy atom. The van der Waals surface area contributed by atoms with Crippen LogP contribution in [0.2, 0.25) is 0 Å². The predicted molar refractivity (Wildman–Crippen MR) is 132 cm³/mol. The fourth-order valence-corrected chi connectivity index (χ4v) is 4.13. The summed E-state index contributed by atoms with van der Waals surface area (Å²) >= 11 is 1.55. The van der Waals surface area contributed by atoms with Crippen molar-refractivity contribution in [2.45, 2.75) is 27.3 Å². The van der Waals surface area contributed by atoms with Crippen molar-refractivity contribution in [3.05, 3.63) is 75.0 Å². The van der Waals surface area contributed by atoms with Crippen LogP contribution in [0.15, 0.2) is 58.7 Å². The van der Waals surface area contributed by atoms with Crippen LogP contribution in [0.25, 0.3) is 22.0 Å². The Hall–Kier alpha value is -3.85. The normalized spacial score (nSPS) is 11.1. The van der Waals surface area contributed by atoms with Crippen LogP contribution in [0.1, 0.15) is 29.3 Å². The minimum atomic E-state index is -0.768. The molecule has 34 heavy (non-hydrogen) atoms. The van der Waals surface area contributed by atoms with Gasteiger partial charge in [-0.3, -0.25) is 9.59 Å². The average molecular weight is 477 g/mol. The highest BCUT2D eigenvalue weighted by Gasteiger charge is 2.19. The second-order valence-electron chi connectivity index (χ2n) is 8.23. The molecule has 8 nitrogen and oxygen atoms in total. The Morgan fingerprint density at radius 1 is 1.12 bits per heavy atom. The van der Waals surface area contributed by atoms with Gasteiger partial charge in [0.2, 0.25) is 0 Å². The van der Waals surface area contributed by atoms with Crippen molar-refractivity contribution in [3.8, 4) is 11.3 Å². The molecule has 0 unspecified atom stereocenters. The van der Waals surface area contributed by atoms with E-state index in [1.807, 2.05) is 44.4 Å². The number of benzene rings is 2. The second-order valence-corrected chi connectivity index (χ2v) is 9.29. The van der Waals surface area contributed by atoms with E-state index in [9.17, 15) is 14.4 Å². The molecular formula is C25H24N4O4S. The zero-order valence-corrected chi connectivity index (χ0v) is 19.9. The summed E-state index contributed by atoms with van der Waals surface area (Å²) in [6, 6.07) is 14.0. The molecule has 174 valence electrons. The number of aryl methyl sites for hydroxylation is 1. The van der Waals surface area contributed by atoms with E-state index in [0.29, 0.717) is 23.0 Å². The molecule has 0 fully saturated rings. The quantitative estimate of drug-likeness (QED) is 0.400. The number of nitrogens with zero attached hydrogens (tertiary/aromatic N) is 3. The molecule has 2 aromatic heterocycles. The maximum Gasteiger partial charge on any atom is 0.359 e. The summed E-state index contributed by atoms with van der Waals surface area (Å²) in [5.41, 5.74) is 2.01. The van der Waals surface area contributed by atoms with Gasteiger partial charge in [0.05, 0.1) is 16.1 Å². The summed E-state index contributed by atoms with van der Waals surface area (Å²) in [7, 11) is 0.